The van der Waals surface area contributed by atoms with Crippen LogP contribution in [0.2, 0.25) is 0 Å². The number of aliphatic carboxylic acids is 1. The normalized spacial score (nSPS) is 15.1. The third kappa shape index (κ3) is 38.3. The van der Waals surface area contributed by atoms with Gasteiger partial charge in [0.2, 0.25) is 106 Å². The van der Waals surface area contributed by atoms with Crippen molar-refractivity contribution in [3.8, 4) is 0 Å². The van der Waals surface area contributed by atoms with E-state index in [2.05, 4.69) is 94.7 Å². The maximum absolute atomic E-state index is 14.6. The van der Waals surface area contributed by atoms with E-state index in [9.17, 15) is 99.5 Å². The number of nitrogens with two attached hydrogens (primary N) is 5. The third-order valence-corrected chi connectivity index (χ3v) is 18.7. The van der Waals surface area contributed by atoms with Gasteiger partial charge < -0.3 is 123 Å². The number of carbonyl (C=O) groups is 19. The Labute approximate surface area is 697 Å². The van der Waals surface area contributed by atoms with E-state index in [1.54, 1.807) is 58.2 Å². The molecule has 18 amide bonds. The molecule has 670 valence electrons. The highest BCUT2D eigenvalue weighted by molar-refractivity contribution is 7.98. The molecule has 0 saturated carbocycles. The molecule has 12 atom stereocenters. The number of guanidine groups is 1. The smallest absolute Gasteiger partial charge is 0.475 e. The predicted octanol–water partition coefficient (Wildman–Crippen LogP) is -6.17. The number of carboxylic acids is 1. The lowest BCUT2D eigenvalue weighted by molar-refractivity contribution is -0.192. The van der Waals surface area contributed by atoms with E-state index in [1.807, 2.05) is 20.1 Å². The van der Waals surface area contributed by atoms with Crippen LogP contribution in [0.1, 0.15) is 137 Å². The quantitative estimate of drug-likeness (QED) is 0.0142. The molecular formula is C73H111F3N24O20S. The number of hydrogen-bond donors (Lipinski definition) is 24. The molecule has 44 nitrogen and oxygen atoms in total. The van der Waals surface area contributed by atoms with E-state index in [4.69, 9.17) is 44.0 Å². The average molecular weight is 1730 g/mol. The Balaban J connectivity index is 0.00000516. The average Bonchev–Trinajstić information content (AvgIpc) is 1.70. The highest BCUT2D eigenvalue weighted by atomic mass is 32.2. The number of para-hydroxylation sites is 1. The molecule has 4 rings (SSSR count). The third-order valence-electron chi connectivity index (χ3n) is 18.0. The molecule has 29 N–H and O–H groups in total. The van der Waals surface area contributed by atoms with Gasteiger partial charge in [0.1, 0.15) is 72.5 Å². The van der Waals surface area contributed by atoms with Gasteiger partial charge in [-0.1, -0.05) is 59.7 Å². The molecule has 1 aromatic carbocycles. The molecule has 0 aliphatic carbocycles. The van der Waals surface area contributed by atoms with Crippen molar-refractivity contribution in [1.82, 2.24) is 94.7 Å². The number of nitrogens with one attached hydrogen (secondary N) is 18. The number of nitrogens with zero attached hydrogens (tertiary/aromatic N) is 1. The van der Waals surface area contributed by atoms with Gasteiger partial charge in [-0.2, -0.15) is 24.9 Å². The van der Waals surface area contributed by atoms with E-state index < -0.39 is 235 Å². The molecule has 1 fully saturated rings. The minimum atomic E-state index is -5.08. The summed E-state index contributed by atoms with van der Waals surface area (Å²) < 4.78 is 31.7. The number of H-pyrrole nitrogens is 2. The monoisotopic (exact) mass is 1730 g/mol. The molecular weight excluding hydrogens is 1620 g/mol. The highest BCUT2D eigenvalue weighted by Crippen LogP contribution is 2.21. The van der Waals surface area contributed by atoms with Crippen molar-refractivity contribution >= 4 is 141 Å². The second kappa shape index (κ2) is 50.9. The number of benzene rings is 1. The fourth-order valence-electron chi connectivity index (χ4n) is 11.8. The Morgan fingerprint density at radius 3 is 1.53 bits per heavy atom. The number of imidazole rings is 1. The van der Waals surface area contributed by atoms with Gasteiger partial charge in [0.15, 0.2) is 5.96 Å². The lowest BCUT2D eigenvalue weighted by Crippen LogP contribution is -2.60. The first-order chi connectivity index (χ1) is 56.7. The van der Waals surface area contributed by atoms with Crippen LogP contribution in [0.15, 0.2) is 43.0 Å². The number of amides is 18. The summed E-state index contributed by atoms with van der Waals surface area (Å²) in [5.41, 5.74) is 28.9. The summed E-state index contributed by atoms with van der Waals surface area (Å²) in [6.45, 7) is 9.82. The molecule has 3 aromatic rings. The fourth-order valence-corrected chi connectivity index (χ4v) is 12.2. The van der Waals surface area contributed by atoms with Crippen LogP contribution in [0.3, 0.4) is 0 Å². The molecule has 0 radical (unpaired) electrons. The summed E-state index contributed by atoms with van der Waals surface area (Å²) in [4.78, 5) is 261. The van der Waals surface area contributed by atoms with Gasteiger partial charge in [-0.3, -0.25) is 91.7 Å². The largest absolute Gasteiger partial charge is 0.490 e. The second-order valence-corrected chi connectivity index (χ2v) is 30.5. The molecule has 0 unspecified atom stereocenters. The van der Waals surface area contributed by atoms with Gasteiger partial charge in [-0.25, -0.2) is 9.78 Å². The van der Waals surface area contributed by atoms with E-state index >= 15 is 0 Å². The first-order valence-corrected chi connectivity index (χ1v) is 39.8. The number of primary amides is 4. The second-order valence-electron chi connectivity index (χ2n) is 29.5. The van der Waals surface area contributed by atoms with E-state index in [0.29, 0.717) is 27.9 Å². The number of rotatable bonds is 51. The summed E-state index contributed by atoms with van der Waals surface area (Å²) >= 11 is 1.44. The van der Waals surface area contributed by atoms with Crippen molar-refractivity contribution in [3.05, 3.63) is 54.2 Å². The maximum Gasteiger partial charge on any atom is 0.490 e. The summed E-state index contributed by atoms with van der Waals surface area (Å²) in [5, 5.41) is 52.8. The fraction of sp³-hybridized carbons (Fsp3) is 0.575. The van der Waals surface area contributed by atoms with Crippen LogP contribution < -0.4 is 108 Å². The van der Waals surface area contributed by atoms with Crippen LogP contribution in [-0.2, 0) is 104 Å². The van der Waals surface area contributed by atoms with Crippen molar-refractivity contribution in [2.24, 2.45) is 46.4 Å². The molecule has 1 aliphatic heterocycles. The minimum absolute atomic E-state index is 0.0381. The molecule has 48 heteroatoms. The topological polar surface area (TPSA) is 723 Å². The number of carbonyl (C=O) groups excluding carboxylic acids is 18. The maximum atomic E-state index is 14.6. The first kappa shape index (κ1) is 102. The highest BCUT2D eigenvalue weighted by Gasteiger charge is 2.40. The van der Waals surface area contributed by atoms with Crippen molar-refractivity contribution in [2.45, 2.75) is 217 Å². The van der Waals surface area contributed by atoms with E-state index in [0.717, 1.165) is 0 Å². The number of hydrogen-bond acceptors (Lipinski definition) is 22. The van der Waals surface area contributed by atoms with Crippen molar-refractivity contribution in [1.29, 1.82) is 5.41 Å². The van der Waals surface area contributed by atoms with Gasteiger partial charge in [0.05, 0.1) is 25.8 Å². The lowest BCUT2D eigenvalue weighted by atomic mass is 10.0. The number of thioether (sulfide) groups is 1. The van der Waals surface area contributed by atoms with Crippen LogP contribution in [0.5, 0.6) is 0 Å². The Bertz CT molecular complexity index is 4150. The van der Waals surface area contributed by atoms with Crippen LogP contribution in [0.25, 0.3) is 10.9 Å². The van der Waals surface area contributed by atoms with E-state index in [-0.39, 0.29) is 89.0 Å². The van der Waals surface area contributed by atoms with Gasteiger partial charge in [-0.05, 0) is 99.7 Å². The molecule has 121 heavy (non-hydrogen) atoms. The molecule has 1 aliphatic rings. The summed E-state index contributed by atoms with van der Waals surface area (Å²) in [5.74, 6) is -20.1. The predicted molar refractivity (Wildman–Crippen MR) is 428 cm³/mol. The number of aromatic amines is 2. The number of halogens is 3. The molecule has 0 bridgehead atoms. The van der Waals surface area contributed by atoms with Gasteiger partial charge >= 0.3 is 12.1 Å². The van der Waals surface area contributed by atoms with Crippen LogP contribution >= 0.6 is 11.8 Å². The summed E-state index contributed by atoms with van der Waals surface area (Å²) in [6, 6.07) is -10.1. The van der Waals surface area contributed by atoms with Gasteiger partial charge in [0, 0.05) is 67.6 Å². The zero-order valence-corrected chi connectivity index (χ0v) is 68.8. The Morgan fingerprint density at radius 1 is 0.554 bits per heavy atom. The minimum Gasteiger partial charge on any atom is -0.475 e. The molecule has 2 aromatic heterocycles. The number of aromatic nitrogens is 3. The lowest BCUT2D eigenvalue weighted by Gasteiger charge is -2.27. The zero-order valence-electron chi connectivity index (χ0n) is 68.0. The number of fused-ring (bicyclic) bond motifs is 1. The van der Waals surface area contributed by atoms with Crippen LogP contribution in [0, 0.1) is 23.2 Å². The van der Waals surface area contributed by atoms with E-state index in [1.165, 1.54) is 31.2 Å². The van der Waals surface area contributed by atoms with Crippen molar-refractivity contribution in [2.75, 3.05) is 31.6 Å². The summed E-state index contributed by atoms with van der Waals surface area (Å²) in [7, 11) is 0. The molecule has 0 spiro atoms. The Morgan fingerprint density at radius 2 is 1.03 bits per heavy atom. The first-order valence-electron chi connectivity index (χ1n) is 38.4. The SMILES string of the molecule is CSCC[C@H](NC(=O)[C@H](CC(C)C)NC(=O)[C@H](Cc1cnc[nH]1)NC(=O)CNC(=O)[C@@H](NC(=O)[C@H](C)NC(=O)[C@H](Cc1c[nH]c2ccccc12)NC(=O)[C@H](CCC(N)=O)NC(=O)[C@H](CC(N)=O)NC(=O)CNC(=O)[C@H](CC(C)C)NC(=O)[C@H](CCCNC(=N)N)NC(=O)[C@H](CCC(N)=O)NC(=O)[C@@H]1CCC(=O)N1)C(C)C)C(N)=O.O=C(O)C(F)(F)F. The molecule has 3 heterocycles. The van der Waals surface area contributed by atoms with Gasteiger partial charge in [0.25, 0.3) is 0 Å². The number of carboxylic acid groups (broad SMARTS) is 1. The Hall–Kier alpha value is -12.7. The van der Waals surface area contributed by atoms with Crippen molar-refractivity contribution in [3.63, 3.8) is 0 Å². The molecule has 1 saturated heterocycles. The summed E-state index contributed by atoms with van der Waals surface area (Å²) in [6.07, 6.45) is -1.73. The van der Waals surface area contributed by atoms with Crippen LogP contribution in [0.4, 0.5) is 13.2 Å². The standard InChI is InChI=1S/C71H110N24O18S.C2HF3O2/c1-34(2)24-47(92-62(105)43(14-11-22-79-71(76)77)89-64(107)45(15-18-52(72)96)90-63(106)44-17-20-55(99)85-44)61(104)81-31-56(100)87-51(28-54(74)98)69(112)91-46(16-19-53(73)97)65(108)94-49(26-38-29-80-41-13-10-9-12-40(38)41)66(109)84-37(7)60(103)95-58(36(5)6)70(113)82-32-57(101)86-50(27-39-30-78-33-83-39)68(111)93-48(25-35(3)4)67(110)88-42(59(75)102)21-23-114-8;3-2(4,5)1(6)7/h9-10,12-13,29-30,33-37,42-51,58,80H,11,14-28,31-32H2,1-8H3,(H2,72,96)(H2,73,97)(H2,74,98)(H2,75,102)(H,78,83)(H,81,104)(H,82,113)(H,84,109)(H,85,99)(H,86,101)(H,87,100)(H,88,110)(H,89,107)(H,90,106)(H,91,112)(H,92,105)(H,93,111)(H,94,108)(H,95,103)(H4,76,77,79);(H,6,7)/t37-,42-,43-,44-,45-,46-,47-,48-,49-,50-,51-,58-;/m0./s1. The van der Waals surface area contributed by atoms with Gasteiger partial charge in [-0.15, -0.1) is 0 Å². The van der Waals surface area contributed by atoms with Crippen LogP contribution in [-0.4, -0.2) is 249 Å². The zero-order chi connectivity index (χ0) is 91.1. The Kier molecular flexibility index (Phi) is 43.1. The number of alkyl halides is 3. The van der Waals surface area contributed by atoms with Crippen molar-refractivity contribution < 1.29 is 109 Å².